The molecule has 2 aliphatic heterocycles. The molecule has 12 heteroatoms. The number of carbonyl (C=O) groups excluding carboxylic acids is 1. The zero-order chi connectivity index (χ0) is 24.4. The summed E-state index contributed by atoms with van der Waals surface area (Å²) in [6, 6.07) is 9.18. The van der Waals surface area contributed by atoms with E-state index in [1.807, 2.05) is 6.92 Å². The van der Waals surface area contributed by atoms with Gasteiger partial charge >= 0.3 is 0 Å². The first-order chi connectivity index (χ1) is 16.3. The topological polar surface area (TPSA) is 130 Å². The van der Waals surface area contributed by atoms with E-state index in [1.54, 1.807) is 24.3 Å². The number of nitrogens with one attached hydrogen (secondary N) is 1. The van der Waals surface area contributed by atoms with Crippen LogP contribution in [0.2, 0.25) is 5.02 Å². The number of ether oxygens (including phenoxy) is 2. The number of thioether (sulfide) groups is 1. The van der Waals surface area contributed by atoms with Gasteiger partial charge in [0.2, 0.25) is 5.17 Å². The molecule has 34 heavy (non-hydrogen) atoms. The van der Waals surface area contributed by atoms with Crippen molar-refractivity contribution in [2.24, 2.45) is 10.1 Å². The minimum Gasteiger partial charge on any atom is -0.493 e. The Labute approximate surface area is 203 Å². The van der Waals surface area contributed by atoms with Crippen LogP contribution < -0.4 is 9.47 Å². The van der Waals surface area contributed by atoms with Gasteiger partial charge in [-0.1, -0.05) is 18.5 Å². The molecule has 2 aromatic rings. The third-order valence-electron chi connectivity index (χ3n) is 4.89. The first-order valence-corrected chi connectivity index (χ1v) is 11.2. The molecule has 0 atom stereocenters. The summed E-state index contributed by atoms with van der Waals surface area (Å²) in [6.07, 6.45) is 2.18. The monoisotopic (exact) mass is 499 g/mol. The number of hydrogen-bond donors (Lipinski definition) is 1. The lowest BCUT2D eigenvalue weighted by molar-refractivity contribution is -0.384. The van der Waals surface area contributed by atoms with Gasteiger partial charge in [0.1, 0.15) is 11.7 Å². The second kappa shape index (κ2) is 9.65. The van der Waals surface area contributed by atoms with Gasteiger partial charge in [-0.25, -0.2) is 0 Å². The number of benzene rings is 2. The van der Waals surface area contributed by atoms with Gasteiger partial charge in [0.25, 0.3) is 11.6 Å². The van der Waals surface area contributed by atoms with Gasteiger partial charge < -0.3 is 9.47 Å². The van der Waals surface area contributed by atoms with E-state index in [9.17, 15) is 14.9 Å². The van der Waals surface area contributed by atoms with Crippen LogP contribution in [0.4, 0.5) is 5.69 Å². The molecule has 0 bridgehead atoms. The highest BCUT2D eigenvalue weighted by atomic mass is 35.5. The van der Waals surface area contributed by atoms with E-state index in [2.05, 4.69) is 10.1 Å². The molecule has 0 spiro atoms. The van der Waals surface area contributed by atoms with Crippen molar-refractivity contribution in [2.75, 3.05) is 7.11 Å². The first kappa shape index (κ1) is 23.5. The predicted octanol–water partition coefficient (Wildman–Crippen LogP) is 4.86. The first-order valence-electron chi connectivity index (χ1n) is 10.0. The molecule has 0 radical (unpaired) electrons. The zero-order valence-electron chi connectivity index (χ0n) is 18.1. The smallest absolute Gasteiger partial charge is 0.283 e. The van der Waals surface area contributed by atoms with Crippen LogP contribution in [0, 0.1) is 15.5 Å². The number of rotatable bonds is 7. The molecule has 0 aromatic heterocycles. The number of methoxy groups -OCH3 is 1. The molecule has 1 amide bonds. The number of nitro groups is 1. The Morgan fingerprint density at radius 1 is 1.29 bits per heavy atom. The standard InChI is InChI=1S/C22H18ClN5O5S/c1-3-18-26-27-20(24)15(21(29)25-22(27)34-18)8-13-9-16(23)19(17(10-13)32-2)33-11-12-4-6-14(7-5-12)28(30)31/h4-10,24H,3,11H2,1-2H3/b15-8-,24-20?. The highest BCUT2D eigenvalue weighted by molar-refractivity contribution is 8.26. The third kappa shape index (κ3) is 4.66. The number of halogens is 1. The maximum absolute atomic E-state index is 12.6. The molecule has 10 nitrogen and oxygen atoms in total. The van der Waals surface area contributed by atoms with Gasteiger partial charge in [-0.3, -0.25) is 20.3 Å². The van der Waals surface area contributed by atoms with Gasteiger partial charge in [0.05, 0.1) is 22.6 Å². The summed E-state index contributed by atoms with van der Waals surface area (Å²) in [4.78, 5) is 26.9. The van der Waals surface area contributed by atoms with E-state index in [0.717, 1.165) is 5.04 Å². The molecule has 1 N–H and O–H groups in total. The molecule has 0 fully saturated rings. The lowest BCUT2D eigenvalue weighted by atomic mass is 10.1. The average Bonchev–Trinajstić information content (AvgIpc) is 3.24. The maximum Gasteiger partial charge on any atom is 0.283 e. The number of carbonyl (C=O) groups is 1. The minimum absolute atomic E-state index is 0.0137. The highest BCUT2D eigenvalue weighted by Gasteiger charge is 2.35. The van der Waals surface area contributed by atoms with E-state index < -0.39 is 10.8 Å². The van der Waals surface area contributed by atoms with Crippen LogP contribution in [0.1, 0.15) is 24.5 Å². The molecule has 2 heterocycles. The Morgan fingerprint density at radius 3 is 2.68 bits per heavy atom. The summed E-state index contributed by atoms with van der Waals surface area (Å²) < 4.78 is 11.2. The normalized spacial score (nSPS) is 16.3. The van der Waals surface area contributed by atoms with Crippen LogP contribution >= 0.6 is 23.4 Å². The van der Waals surface area contributed by atoms with Crippen molar-refractivity contribution < 1.29 is 19.2 Å². The Bertz CT molecular complexity index is 1290. The quantitative estimate of drug-likeness (QED) is 0.327. The number of non-ortho nitro benzene ring substituents is 1. The Hall–Kier alpha value is -3.70. The predicted molar refractivity (Wildman–Crippen MR) is 131 cm³/mol. The summed E-state index contributed by atoms with van der Waals surface area (Å²) >= 11 is 7.71. The number of aliphatic imine (C=N–C) groups is 1. The maximum atomic E-state index is 12.6. The number of nitrogens with zero attached hydrogens (tertiary/aromatic N) is 4. The van der Waals surface area contributed by atoms with E-state index in [0.29, 0.717) is 28.5 Å². The van der Waals surface area contributed by atoms with Crippen molar-refractivity contribution in [3.8, 4) is 11.5 Å². The molecule has 0 unspecified atom stereocenters. The van der Waals surface area contributed by atoms with Crippen LogP contribution in [-0.4, -0.2) is 39.0 Å². The highest BCUT2D eigenvalue weighted by Crippen LogP contribution is 2.38. The van der Waals surface area contributed by atoms with E-state index in [4.69, 9.17) is 26.5 Å². The summed E-state index contributed by atoms with van der Waals surface area (Å²) in [5, 5.41) is 26.3. The van der Waals surface area contributed by atoms with Crippen LogP contribution in [0.5, 0.6) is 11.5 Å². The van der Waals surface area contributed by atoms with Crippen LogP contribution in [0.3, 0.4) is 0 Å². The summed E-state index contributed by atoms with van der Waals surface area (Å²) in [5.41, 5.74) is 1.28. The van der Waals surface area contributed by atoms with Crippen LogP contribution in [-0.2, 0) is 11.4 Å². The number of nitro benzene ring substituents is 1. The largest absolute Gasteiger partial charge is 0.493 e. The second-order valence-electron chi connectivity index (χ2n) is 7.11. The van der Waals surface area contributed by atoms with Crippen molar-refractivity contribution >= 4 is 57.1 Å². The van der Waals surface area contributed by atoms with E-state index >= 15 is 0 Å². The van der Waals surface area contributed by atoms with Crippen molar-refractivity contribution in [1.29, 1.82) is 5.41 Å². The Kier molecular flexibility index (Phi) is 6.66. The van der Waals surface area contributed by atoms with Crippen LogP contribution in [0.15, 0.2) is 52.1 Å². The van der Waals surface area contributed by atoms with Crippen molar-refractivity contribution in [3.63, 3.8) is 0 Å². The fourth-order valence-corrected chi connectivity index (χ4v) is 4.27. The van der Waals surface area contributed by atoms with Gasteiger partial charge in [-0.2, -0.15) is 15.1 Å². The molecule has 174 valence electrons. The summed E-state index contributed by atoms with van der Waals surface area (Å²) in [7, 11) is 1.45. The minimum atomic E-state index is -0.537. The molecular weight excluding hydrogens is 482 g/mol. The Morgan fingerprint density at radius 2 is 2.03 bits per heavy atom. The zero-order valence-corrected chi connectivity index (χ0v) is 19.6. The van der Waals surface area contributed by atoms with E-state index in [-0.39, 0.29) is 34.5 Å². The van der Waals surface area contributed by atoms with E-state index in [1.165, 1.54) is 42.1 Å². The SMILES string of the molecule is CCC1=NN2C(=N)/C(=C/c3cc(Cl)c(OCc4ccc([N+](=O)[O-])cc4)c(OC)c3)C(=O)N=C2S1. The molecule has 2 aromatic carbocycles. The average molecular weight is 500 g/mol. The molecule has 0 saturated heterocycles. The fourth-order valence-electron chi connectivity index (χ4n) is 3.17. The van der Waals surface area contributed by atoms with Crippen molar-refractivity contribution in [2.45, 2.75) is 20.0 Å². The molecule has 4 rings (SSSR count). The molecule has 0 saturated carbocycles. The number of fused-ring (bicyclic) bond motifs is 1. The fraction of sp³-hybridized carbons (Fsp3) is 0.182. The number of hydrogen-bond acceptors (Lipinski definition) is 8. The molecule has 2 aliphatic rings. The number of amides is 1. The van der Waals surface area contributed by atoms with Crippen molar-refractivity contribution in [3.05, 3.63) is 68.2 Å². The summed E-state index contributed by atoms with van der Waals surface area (Å²) in [6.45, 7) is 2.05. The lowest BCUT2D eigenvalue weighted by Crippen LogP contribution is -2.35. The molecule has 0 aliphatic carbocycles. The van der Waals surface area contributed by atoms with Gasteiger partial charge in [-0.15, -0.1) is 0 Å². The Balaban J connectivity index is 1.58. The second-order valence-corrected chi connectivity index (χ2v) is 8.56. The van der Waals surface area contributed by atoms with Gasteiger partial charge in [0, 0.05) is 12.1 Å². The van der Waals surface area contributed by atoms with Crippen LogP contribution in [0.25, 0.3) is 6.08 Å². The van der Waals surface area contributed by atoms with Gasteiger partial charge in [-0.05, 0) is 59.7 Å². The number of hydrazone groups is 1. The molecular formula is C22H18ClN5O5S. The van der Waals surface area contributed by atoms with Gasteiger partial charge in [0.15, 0.2) is 17.3 Å². The summed E-state index contributed by atoms with van der Waals surface area (Å²) in [5.74, 6) is -0.00385. The van der Waals surface area contributed by atoms with Crippen molar-refractivity contribution in [1.82, 2.24) is 5.01 Å². The third-order valence-corrected chi connectivity index (χ3v) is 6.23. The number of amidine groups is 2. The lowest BCUT2D eigenvalue weighted by Gasteiger charge is -2.20.